The highest BCUT2D eigenvalue weighted by Gasteiger charge is 2.29. The molecule has 0 heterocycles. The van der Waals surface area contributed by atoms with E-state index in [1.807, 2.05) is 0 Å². The Bertz CT molecular complexity index is 295. The zero-order chi connectivity index (χ0) is 11.3. The molecule has 0 aliphatic heterocycles. The number of rotatable bonds is 4. The van der Waals surface area contributed by atoms with Gasteiger partial charge in [-0.3, -0.25) is 0 Å². The van der Waals surface area contributed by atoms with E-state index in [1.54, 1.807) is 0 Å². The van der Waals surface area contributed by atoms with Crippen LogP contribution < -0.4 is 5.32 Å². The van der Waals surface area contributed by atoms with E-state index in [1.165, 1.54) is 12.1 Å². The van der Waals surface area contributed by atoms with Crippen LogP contribution >= 0.6 is 11.6 Å². The van der Waals surface area contributed by atoms with E-state index in [9.17, 15) is 13.2 Å². The van der Waals surface area contributed by atoms with Crippen LogP contribution in [0.3, 0.4) is 0 Å². The lowest BCUT2D eigenvalue weighted by Crippen LogP contribution is -2.15. The summed E-state index contributed by atoms with van der Waals surface area (Å²) in [5, 5.41) is 3.00. The molecule has 0 radical (unpaired) electrons. The van der Waals surface area contributed by atoms with Crippen LogP contribution in [0.1, 0.15) is 11.1 Å². The second kappa shape index (κ2) is 5.37. The van der Waals surface area contributed by atoms with Crippen molar-refractivity contribution in [1.82, 2.24) is 5.32 Å². The van der Waals surface area contributed by atoms with E-state index in [0.29, 0.717) is 19.0 Å². The van der Waals surface area contributed by atoms with E-state index in [0.717, 1.165) is 17.7 Å². The van der Waals surface area contributed by atoms with Crippen molar-refractivity contribution >= 4 is 11.6 Å². The smallest absolute Gasteiger partial charge is 0.311 e. The predicted octanol–water partition coefficient (Wildman–Crippen LogP) is 3.03. The minimum Gasteiger partial charge on any atom is -0.311 e. The lowest BCUT2D eigenvalue weighted by Gasteiger charge is -2.07. The van der Waals surface area contributed by atoms with E-state index in [4.69, 9.17) is 11.6 Å². The highest BCUT2D eigenvalue weighted by atomic mass is 35.5. The quantitative estimate of drug-likeness (QED) is 0.627. The first-order chi connectivity index (χ1) is 7.04. The van der Waals surface area contributed by atoms with Crippen molar-refractivity contribution in [3.05, 3.63) is 35.4 Å². The van der Waals surface area contributed by atoms with Gasteiger partial charge in [0.25, 0.3) is 0 Å². The molecule has 0 aliphatic carbocycles. The van der Waals surface area contributed by atoms with Gasteiger partial charge in [-0.25, -0.2) is 0 Å². The van der Waals surface area contributed by atoms with E-state index in [-0.39, 0.29) is 0 Å². The molecule has 0 aromatic heterocycles. The Morgan fingerprint density at radius 2 is 1.73 bits per heavy atom. The van der Waals surface area contributed by atoms with Gasteiger partial charge in [-0.05, 0) is 17.7 Å². The van der Waals surface area contributed by atoms with Crippen molar-refractivity contribution < 1.29 is 13.2 Å². The van der Waals surface area contributed by atoms with E-state index in [2.05, 4.69) is 5.32 Å². The summed E-state index contributed by atoms with van der Waals surface area (Å²) in [7, 11) is 0. The first-order valence-corrected chi connectivity index (χ1v) is 5.00. The molecule has 15 heavy (non-hydrogen) atoms. The Labute approximate surface area is 91.2 Å². The minimum atomic E-state index is -4.26. The maximum absolute atomic E-state index is 12.2. The first-order valence-electron chi connectivity index (χ1n) is 4.47. The molecule has 1 aromatic carbocycles. The SMILES string of the molecule is FC(F)(F)c1ccc(CNCCCl)cc1. The van der Waals surface area contributed by atoms with Crippen molar-refractivity contribution in [3.8, 4) is 0 Å². The molecular weight excluding hydrogens is 227 g/mol. The topological polar surface area (TPSA) is 12.0 Å². The predicted molar refractivity (Wildman–Crippen MR) is 53.9 cm³/mol. The molecule has 0 saturated heterocycles. The van der Waals surface area contributed by atoms with Crippen molar-refractivity contribution in [2.24, 2.45) is 0 Å². The van der Waals surface area contributed by atoms with Crippen LogP contribution in [0.4, 0.5) is 13.2 Å². The molecule has 0 spiro atoms. The summed E-state index contributed by atoms with van der Waals surface area (Å²) in [4.78, 5) is 0. The van der Waals surface area contributed by atoms with E-state index < -0.39 is 11.7 Å². The van der Waals surface area contributed by atoms with Crippen LogP contribution in [0.5, 0.6) is 0 Å². The lowest BCUT2D eigenvalue weighted by molar-refractivity contribution is -0.137. The Kier molecular flexibility index (Phi) is 4.42. The number of benzene rings is 1. The Morgan fingerprint density at radius 3 is 2.20 bits per heavy atom. The monoisotopic (exact) mass is 237 g/mol. The molecule has 0 saturated carbocycles. The van der Waals surface area contributed by atoms with Crippen LogP contribution in [0.25, 0.3) is 0 Å². The third kappa shape index (κ3) is 4.10. The standard InChI is InChI=1S/C10H11ClF3N/c11-5-6-15-7-8-1-3-9(4-2-8)10(12,13)14/h1-4,15H,5-7H2. The highest BCUT2D eigenvalue weighted by molar-refractivity contribution is 6.18. The number of alkyl halides is 4. The summed E-state index contributed by atoms with van der Waals surface area (Å²) in [5.74, 6) is 0.487. The number of hydrogen-bond donors (Lipinski definition) is 1. The minimum absolute atomic E-state index is 0.487. The van der Waals surface area contributed by atoms with Gasteiger partial charge in [-0.15, -0.1) is 11.6 Å². The van der Waals surface area contributed by atoms with Gasteiger partial charge in [0.15, 0.2) is 0 Å². The molecule has 0 unspecified atom stereocenters. The average Bonchev–Trinajstić information content (AvgIpc) is 2.18. The summed E-state index contributed by atoms with van der Waals surface area (Å²) in [6.07, 6.45) is -4.26. The van der Waals surface area contributed by atoms with Crippen LogP contribution in [0.2, 0.25) is 0 Å². The Balaban J connectivity index is 2.57. The van der Waals surface area contributed by atoms with Crippen LogP contribution in [-0.2, 0) is 12.7 Å². The zero-order valence-electron chi connectivity index (χ0n) is 7.94. The molecule has 1 aromatic rings. The fourth-order valence-corrected chi connectivity index (χ4v) is 1.24. The van der Waals surface area contributed by atoms with Gasteiger partial charge in [0, 0.05) is 19.0 Å². The number of nitrogens with one attached hydrogen (secondary N) is 1. The van der Waals surface area contributed by atoms with Gasteiger partial charge in [-0.1, -0.05) is 12.1 Å². The van der Waals surface area contributed by atoms with Crippen LogP contribution in [0.15, 0.2) is 24.3 Å². The molecular formula is C10H11ClF3N. The van der Waals surface area contributed by atoms with Gasteiger partial charge in [0.1, 0.15) is 0 Å². The van der Waals surface area contributed by atoms with Crippen molar-refractivity contribution in [1.29, 1.82) is 0 Å². The second-order valence-corrected chi connectivity index (χ2v) is 3.44. The lowest BCUT2D eigenvalue weighted by atomic mass is 10.1. The van der Waals surface area contributed by atoms with Gasteiger partial charge in [-0.2, -0.15) is 13.2 Å². The maximum Gasteiger partial charge on any atom is 0.416 e. The summed E-state index contributed by atoms with van der Waals surface area (Å²) < 4.78 is 36.6. The van der Waals surface area contributed by atoms with Crippen molar-refractivity contribution in [3.63, 3.8) is 0 Å². The molecule has 0 amide bonds. The molecule has 0 atom stereocenters. The first kappa shape index (κ1) is 12.3. The van der Waals surface area contributed by atoms with E-state index >= 15 is 0 Å². The molecule has 5 heteroatoms. The summed E-state index contributed by atoms with van der Waals surface area (Å²) in [5.41, 5.74) is 0.191. The molecule has 0 bridgehead atoms. The molecule has 0 fully saturated rings. The Morgan fingerprint density at radius 1 is 1.13 bits per heavy atom. The summed E-state index contributed by atoms with van der Waals surface area (Å²) in [6, 6.07) is 5.09. The summed E-state index contributed by atoms with van der Waals surface area (Å²) in [6.45, 7) is 1.17. The maximum atomic E-state index is 12.2. The van der Waals surface area contributed by atoms with Crippen LogP contribution in [-0.4, -0.2) is 12.4 Å². The van der Waals surface area contributed by atoms with Crippen molar-refractivity contribution in [2.75, 3.05) is 12.4 Å². The third-order valence-electron chi connectivity index (χ3n) is 1.88. The van der Waals surface area contributed by atoms with Gasteiger partial charge >= 0.3 is 6.18 Å². The molecule has 1 nitrogen and oxygen atoms in total. The summed E-state index contributed by atoms with van der Waals surface area (Å²) >= 11 is 5.44. The molecule has 1 rings (SSSR count). The van der Waals surface area contributed by atoms with Gasteiger partial charge < -0.3 is 5.32 Å². The van der Waals surface area contributed by atoms with Gasteiger partial charge in [0.05, 0.1) is 5.56 Å². The average molecular weight is 238 g/mol. The second-order valence-electron chi connectivity index (χ2n) is 3.06. The Hall–Kier alpha value is -0.740. The largest absolute Gasteiger partial charge is 0.416 e. The van der Waals surface area contributed by atoms with Crippen molar-refractivity contribution in [2.45, 2.75) is 12.7 Å². The fraction of sp³-hybridized carbons (Fsp3) is 0.400. The fourth-order valence-electron chi connectivity index (χ4n) is 1.11. The molecule has 0 aliphatic rings. The third-order valence-corrected chi connectivity index (χ3v) is 2.07. The number of hydrogen-bond acceptors (Lipinski definition) is 1. The van der Waals surface area contributed by atoms with Crippen LogP contribution in [0, 0.1) is 0 Å². The molecule has 84 valence electrons. The molecule has 1 N–H and O–H groups in total. The van der Waals surface area contributed by atoms with Gasteiger partial charge in [0.2, 0.25) is 0 Å². The highest BCUT2D eigenvalue weighted by Crippen LogP contribution is 2.28. The number of halogens is 4. The zero-order valence-corrected chi connectivity index (χ0v) is 8.70. The normalized spacial score (nSPS) is 11.7.